The van der Waals surface area contributed by atoms with Crippen molar-refractivity contribution < 1.29 is 9.53 Å². The van der Waals surface area contributed by atoms with Gasteiger partial charge in [-0.2, -0.15) is 0 Å². The van der Waals surface area contributed by atoms with Gasteiger partial charge in [0, 0.05) is 37.3 Å². The average Bonchev–Trinajstić information content (AvgIpc) is 3.01. The van der Waals surface area contributed by atoms with Crippen molar-refractivity contribution in [1.29, 1.82) is 0 Å². The van der Waals surface area contributed by atoms with E-state index >= 15 is 0 Å². The van der Waals surface area contributed by atoms with Gasteiger partial charge in [0.25, 0.3) is 11.5 Å². The number of rotatable bonds is 3. The lowest BCUT2D eigenvalue weighted by atomic mass is 9.93. The molecule has 4 rings (SSSR count). The molecular formula is C25H31N3O3. The monoisotopic (exact) mass is 421 g/mol. The highest BCUT2D eigenvalue weighted by atomic mass is 16.5. The molecule has 6 heteroatoms. The number of fused-ring (bicyclic) bond motifs is 1. The number of benzene rings is 1. The van der Waals surface area contributed by atoms with Crippen molar-refractivity contribution in [3.63, 3.8) is 0 Å². The maximum Gasteiger partial charge on any atom is 0.261 e. The lowest BCUT2D eigenvalue weighted by Crippen LogP contribution is -2.49. The van der Waals surface area contributed by atoms with Gasteiger partial charge in [0.1, 0.15) is 16.9 Å². The molecule has 2 aliphatic heterocycles. The van der Waals surface area contributed by atoms with Crippen LogP contribution in [0.2, 0.25) is 0 Å². The van der Waals surface area contributed by atoms with Crippen LogP contribution in [-0.4, -0.2) is 52.5 Å². The third kappa shape index (κ3) is 4.44. The number of H-pyrrole nitrogens is 1. The summed E-state index contributed by atoms with van der Waals surface area (Å²) in [7, 11) is 0. The first kappa shape index (κ1) is 21.4. The molecule has 1 atom stereocenters. The van der Waals surface area contributed by atoms with Crippen LogP contribution >= 0.6 is 0 Å². The van der Waals surface area contributed by atoms with Crippen molar-refractivity contribution in [2.24, 2.45) is 0 Å². The number of carbonyl (C=O) groups excluding carboxylic acids is 1. The van der Waals surface area contributed by atoms with Crippen LogP contribution in [0, 0.1) is 13.8 Å². The fraction of sp³-hybridized carbons (Fsp3) is 0.440. The van der Waals surface area contributed by atoms with E-state index in [-0.39, 0.29) is 17.0 Å². The topological polar surface area (TPSA) is 65.6 Å². The smallest absolute Gasteiger partial charge is 0.261 e. The Kier molecular flexibility index (Phi) is 6.01. The van der Waals surface area contributed by atoms with Crippen LogP contribution in [0.25, 0.3) is 0 Å². The molecule has 1 N–H and O–H groups in total. The quantitative estimate of drug-likeness (QED) is 0.771. The first-order chi connectivity index (χ1) is 14.9. The van der Waals surface area contributed by atoms with Crippen LogP contribution in [0.15, 0.2) is 47.8 Å². The van der Waals surface area contributed by atoms with E-state index in [1.165, 1.54) is 0 Å². The van der Waals surface area contributed by atoms with Gasteiger partial charge in [-0.15, -0.1) is 6.58 Å². The summed E-state index contributed by atoms with van der Waals surface area (Å²) in [6.07, 6.45) is 4.61. The zero-order valence-corrected chi connectivity index (χ0v) is 18.4. The molecule has 1 aromatic carbocycles. The number of hydrogen-bond donors (Lipinski definition) is 1. The molecule has 0 bridgehead atoms. The van der Waals surface area contributed by atoms with Crippen molar-refractivity contribution >= 4 is 5.91 Å². The Bertz CT molecular complexity index is 1040. The molecule has 1 amide bonds. The number of carbonyl (C=O) groups is 1. The Balaban J connectivity index is 1.71. The third-order valence-electron chi connectivity index (χ3n) is 6.38. The maximum atomic E-state index is 13.6. The van der Waals surface area contributed by atoms with Crippen molar-refractivity contribution in [2.75, 3.05) is 26.2 Å². The summed E-state index contributed by atoms with van der Waals surface area (Å²) in [5.41, 5.74) is 1.86. The van der Waals surface area contributed by atoms with Gasteiger partial charge in [-0.3, -0.25) is 14.5 Å². The summed E-state index contributed by atoms with van der Waals surface area (Å²) in [6.45, 7) is 11.2. The van der Waals surface area contributed by atoms with Crippen molar-refractivity contribution in [3.05, 3.63) is 75.7 Å². The van der Waals surface area contributed by atoms with Crippen molar-refractivity contribution in [1.82, 2.24) is 14.8 Å². The molecule has 0 radical (unpaired) electrons. The van der Waals surface area contributed by atoms with Gasteiger partial charge in [0.05, 0.1) is 6.54 Å². The number of aromatic amines is 1. The van der Waals surface area contributed by atoms with Crippen LogP contribution in [0.3, 0.4) is 0 Å². The summed E-state index contributed by atoms with van der Waals surface area (Å²) < 4.78 is 6.66. The van der Waals surface area contributed by atoms with Crippen LogP contribution in [0.1, 0.15) is 46.4 Å². The Labute approximate surface area is 183 Å². The fourth-order valence-corrected chi connectivity index (χ4v) is 4.88. The first-order valence-corrected chi connectivity index (χ1v) is 11.0. The number of likely N-dealkylation sites (tertiary alicyclic amines) is 1. The number of pyridine rings is 1. The minimum absolute atomic E-state index is 0.224. The summed E-state index contributed by atoms with van der Waals surface area (Å²) in [6, 6.07) is 9.78. The largest absolute Gasteiger partial charge is 0.485 e. The number of ether oxygens (including phenoxy) is 1. The zero-order valence-electron chi connectivity index (χ0n) is 18.4. The number of hydrogen-bond acceptors (Lipinski definition) is 4. The number of nitrogens with zero attached hydrogens (tertiary/aromatic N) is 2. The molecule has 1 fully saturated rings. The minimum atomic E-state index is -0.469. The number of para-hydroxylation sites is 1. The molecule has 1 spiro atoms. The Morgan fingerprint density at radius 1 is 1.26 bits per heavy atom. The van der Waals surface area contributed by atoms with E-state index in [2.05, 4.69) is 16.5 Å². The molecular weight excluding hydrogens is 390 g/mol. The Hall–Kier alpha value is -2.86. The summed E-state index contributed by atoms with van der Waals surface area (Å²) in [5, 5.41) is 0. The first-order valence-electron chi connectivity index (χ1n) is 11.0. The number of amides is 1. The molecule has 2 aliphatic rings. The predicted octanol–water partition coefficient (Wildman–Crippen LogP) is 3.44. The van der Waals surface area contributed by atoms with E-state index in [1.807, 2.05) is 55.2 Å². The molecule has 6 nitrogen and oxygen atoms in total. The fourth-order valence-electron chi connectivity index (χ4n) is 4.88. The number of aryl methyl sites for hydroxylation is 2. The summed E-state index contributed by atoms with van der Waals surface area (Å²) in [4.78, 5) is 33.3. The summed E-state index contributed by atoms with van der Waals surface area (Å²) >= 11 is 0. The van der Waals surface area contributed by atoms with Gasteiger partial charge in [-0.1, -0.05) is 24.3 Å². The molecule has 31 heavy (non-hydrogen) atoms. The Morgan fingerprint density at radius 2 is 2.06 bits per heavy atom. The highest BCUT2D eigenvalue weighted by Gasteiger charge is 2.41. The molecule has 1 unspecified atom stereocenters. The standard InChI is InChI=1S/C25H31N3O3/c1-4-12-27-13-7-10-25(11-14-27)17-28(16-20-8-5-6-9-21(20)31-25)24(30)22-18(2)15-19(3)26-23(22)29/h4-6,8-9,15H,1,7,10-14,16-17H2,2-3H3,(H,26,29). The van der Waals surface area contributed by atoms with Crippen LogP contribution in [0.5, 0.6) is 5.75 Å². The van der Waals surface area contributed by atoms with E-state index in [9.17, 15) is 9.59 Å². The maximum absolute atomic E-state index is 13.6. The zero-order chi connectivity index (χ0) is 22.0. The number of nitrogens with one attached hydrogen (secondary N) is 1. The SMILES string of the molecule is C=CCN1CCCC2(CC1)CN(C(=O)c1c(C)cc(C)[nH]c1=O)Cc1ccccc1O2. The van der Waals surface area contributed by atoms with E-state index in [0.717, 1.165) is 55.9 Å². The van der Waals surface area contributed by atoms with Gasteiger partial charge in [-0.25, -0.2) is 0 Å². The average molecular weight is 422 g/mol. The van der Waals surface area contributed by atoms with Crippen LogP contribution in [0.4, 0.5) is 0 Å². The second-order valence-corrected chi connectivity index (χ2v) is 8.84. The van der Waals surface area contributed by atoms with Crippen molar-refractivity contribution in [2.45, 2.75) is 45.3 Å². The lowest BCUT2D eigenvalue weighted by Gasteiger charge is -2.35. The molecule has 164 valence electrons. The predicted molar refractivity (Wildman–Crippen MR) is 122 cm³/mol. The van der Waals surface area contributed by atoms with E-state index in [0.29, 0.717) is 18.7 Å². The second-order valence-electron chi connectivity index (χ2n) is 8.84. The molecule has 2 aromatic rings. The normalized spacial score (nSPS) is 21.7. The summed E-state index contributed by atoms with van der Waals surface area (Å²) in [5.74, 6) is 0.607. The van der Waals surface area contributed by atoms with Gasteiger partial charge < -0.3 is 14.6 Å². The molecule has 1 saturated heterocycles. The number of aromatic nitrogens is 1. The van der Waals surface area contributed by atoms with Crippen LogP contribution in [-0.2, 0) is 6.54 Å². The van der Waals surface area contributed by atoms with E-state index in [4.69, 9.17) is 4.74 Å². The van der Waals surface area contributed by atoms with Gasteiger partial charge in [-0.05, 0) is 50.9 Å². The Morgan fingerprint density at radius 3 is 2.84 bits per heavy atom. The van der Waals surface area contributed by atoms with E-state index in [1.54, 1.807) is 0 Å². The van der Waals surface area contributed by atoms with Gasteiger partial charge in [0.15, 0.2) is 0 Å². The van der Waals surface area contributed by atoms with Gasteiger partial charge >= 0.3 is 0 Å². The molecule has 0 aliphatic carbocycles. The lowest BCUT2D eigenvalue weighted by molar-refractivity contribution is 0.0217. The van der Waals surface area contributed by atoms with Crippen molar-refractivity contribution in [3.8, 4) is 5.75 Å². The highest BCUT2D eigenvalue weighted by Crippen LogP contribution is 2.36. The van der Waals surface area contributed by atoms with Gasteiger partial charge in [0.2, 0.25) is 0 Å². The molecule has 3 heterocycles. The highest BCUT2D eigenvalue weighted by molar-refractivity contribution is 5.95. The molecule has 0 saturated carbocycles. The third-order valence-corrected chi connectivity index (χ3v) is 6.38. The molecule has 1 aromatic heterocycles. The van der Waals surface area contributed by atoms with E-state index < -0.39 is 5.60 Å². The second kappa shape index (κ2) is 8.71. The van der Waals surface area contributed by atoms with Crippen LogP contribution < -0.4 is 10.3 Å². The minimum Gasteiger partial charge on any atom is -0.485 e.